The van der Waals surface area contributed by atoms with E-state index in [4.69, 9.17) is 5.11 Å². The lowest BCUT2D eigenvalue weighted by atomic mass is 9.44. The quantitative estimate of drug-likeness (QED) is 0.623. The summed E-state index contributed by atoms with van der Waals surface area (Å²) in [5, 5.41) is 9.13. The normalized spacial score (nSPS) is 44.9. The second-order valence-electron chi connectivity index (χ2n) is 10.7. The molecule has 0 radical (unpaired) electrons. The maximum absolute atomic E-state index is 12.5. The highest BCUT2D eigenvalue weighted by Crippen LogP contribution is 2.68. The molecule has 0 aliphatic heterocycles. The van der Waals surface area contributed by atoms with Crippen molar-refractivity contribution < 1.29 is 14.7 Å². The zero-order chi connectivity index (χ0) is 20.3. The van der Waals surface area contributed by atoms with Crippen LogP contribution >= 0.6 is 0 Å². The molecule has 0 aromatic rings. The fourth-order valence-electron chi connectivity index (χ4n) is 7.91. The highest BCUT2D eigenvalue weighted by Gasteiger charge is 2.60. The number of carbonyl (C=O) groups is 2. The Morgan fingerprint density at radius 2 is 1.93 bits per heavy atom. The van der Waals surface area contributed by atoms with Gasteiger partial charge < -0.3 is 5.11 Å². The van der Waals surface area contributed by atoms with E-state index in [2.05, 4.69) is 27.4 Å². The molecule has 0 bridgehead atoms. The maximum atomic E-state index is 12.5. The maximum Gasteiger partial charge on any atom is 0.303 e. The summed E-state index contributed by atoms with van der Waals surface area (Å²) < 4.78 is 0. The Labute approximate surface area is 169 Å². The summed E-state index contributed by atoms with van der Waals surface area (Å²) >= 11 is 0. The minimum Gasteiger partial charge on any atom is -0.481 e. The summed E-state index contributed by atoms with van der Waals surface area (Å²) in [5.41, 5.74) is 2.79. The minimum absolute atomic E-state index is 0.0143. The van der Waals surface area contributed by atoms with E-state index in [1.54, 1.807) is 0 Å². The summed E-state index contributed by atoms with van der Waals surface area (Å²) in [6.45, 7) is 11.7. The van der Waals surface area contributed by atoms with E-state index < -0.39 is 5.97 Å². The minimum atomic E-state index is -0.779. The highest BCUT2D eigenvalue weighted by atomic mass is 16.4. The largest absolute Gasteiger partial charge is 0.481 e. The lowest BCUT2D eigenvalue weighted by Crippen LogP contribution is -2.53. The molecule has 7 atom stereocenters. The molecule has 1 unspecified atom stereocenters. The van der Waals surface area contributed by atoms with Gasteiger partial charge in [0.05, 0.1) is 0 Å². The van der Waals surface area contributed by atoms with Crippen LogP contribution in [0, 0.1) is 40.4 Å². The molecule has 4 aliphatic carbocycles. The number of rotatable bonds is 4. The van der Waals surface area contributed by atoms with Crippen LogP contribution in [0.4, 0.5) is 0 Å². The summed E-state index contributed by atoms with van der Waals surface area (Å²) in [5.74, 6) is 2.52. The lowest BCUT2D eigenvalue weighted by Gasteiger charge is -2.60. The molecule has 0 saturated heterocycles. The Balaban J connectivity index is 1.68. The van der Waals surface area contributed by atoms with Crippen molar-refractivity contribution in [1.29, 1.82) is 0 Å². The van der Waals surface area contributed by atoms with E-state index in [9.17, 15) is 9.59 Å². The predicted molar refractivity (Wildman–Crippen MR) is 111 cm³/mol. The first kappa shape index (κ1) is 19.9. The zero-order valence-corrected chi connectivity index (χ0v) is 17.8. The SMILES string of the molecule is C=C(CCC(=O)O)[C@H]1CC(=O)C=C2CCC3[C@@H]4CC[C@H](C)[C@@]4(C)CC[C@@H]3[C@]21C. The van der Waals surface area contributed by atoms with Crippen LogP contribution in [-0.4, -0.2) is 16.9 Å². The topological polar surface area (TPSA) is 54.4 Å². The number of carbonyl (C=O) groups excluding carboxylic acids is 1. The molecule has 4 aliphatic rings. The number of fused-ring (bicyclic) bond motifs is 5. The molecule has 0 spiro atoms. The fraction of sp³-hybridized carbons (Fsp3) is 0.760. The van der Waals surface area contributed by atoms with Gasteiger partial charge in [-0.25, -0.2) is 0 Å². The van der Waals surface area contributed by atoms with Crippen molar-refractivity contribution in [2.75, 3.05) is 0 Å². The molecule has 0 amide bonds. The summed E-state index contributed by atoms with van der Waals surface area (Å²) in [4.78, 5) is 23.6. The Morgan fingerprint density at radius 1 is 1.18 bits per heavy atom. The molecule has 0 aromatic carbocycles. The number of carboxylic acid groups (broad SMARTS) is 1. The van der Waals surface area contributed by atoms with Gasteiger partial charge in [0.2, 0.25) is 0 Å². The number of ketones is 1. The van der Waals surface area contributed by atoms with Crippen LogP contribution in [0.15, 0.2) is 23.8 Å². The fourth-order valence-corrected chi connectivity index (χ4v) is 7.91. The first-order valence-corrected chi connectivity index (χ1v) is 11.3. The van der Waals surface area contributed by atoms with Crippen molar-refractivity contribution in [3.63, 3.8) is 0 Å². The molecule has 0 aromatic heterocycles. The monoisotopic (exact) mass is 384 g/mol. The molecule has 4 rings (SSSR count). The van der Waals surface area contributed by atoms with Gasteiger partial charge in [-0.2, -0.15) is 0 Å². The van der Waals surface area contributed by atoms with E-state index in [1.165, 1.54) is 37.7 Å². The Morgan fingerprint density at radius 3 is 2.64 bits per heavy atom. The van der Waals surface area contributed by atoms with Crippen molar-refractivity contribution in [2.24, 2.45) is 40.4 Å². The van der Waals surface area contributed by atoms with Gasteiger partial charge in [-0.3, -0.25) is 9.59 Å². The Hall–Kier alpha value is -1.38. The van der Waals surface area contributed by atoms with E-state index in [-0.39, 0.29) is 23.5 Å². The van der Waals surface area contributed by atoms with Gasteiger partial charge in [0, 0.05) is 12.8 Å². The van der Waals surface area contributed by atoms with Gasteiger partial charge >= 0.3 is 5.97 Å². The number of hydrogen-bond donors (Lipinski definition) is 1. The van der Waals surface area contributed by atoms with E-state index in [1.807, 2.05) is 6.08 Å². The molecule has 3 saturated carbocycles. The zero-order valence-electron chi connectivity index (χ0n) is 17.8. The summed E-state index contributed by atoms with van der Waals surface area (Å²) in [6, 6.07) is 0. The van der Waals surface area contributed by atoms with E-state index in [0.717, 1.165) is 29.7 Å². The van der Waals surface area contributed by atoms with Gasteiger partial charge in [0.25, 0.3) is 0 Å². The number of carboxylic acids is 1. The van der Waals surface area contributed by atoms with Crippen LogP contribution in [-0.2, 0) is 9.59 Å². The van der Waals surface area contributed by atoms with Gasteiger partial charge in [-0.15, -0.1) is 0 Å². The molecular weight excluding hydrogens is 348 g/mol. The molecule has 28 heavy (non-hydrogen) atoms. The predicted octanol–water partition coefficient (Wildman–Crippen LogP) is 5.80. The highest BCUT2D eigenvalue weighted by molar-refractivity contribution is 5.92. The van der Waals surface area contributed by atoms with Crippen molar-refractivity contribution in [3.8, 4) is 0 Å². The first-order chi connectivity index (χ1) is 13.2. The van der Waals surface area contributed by atoms with Crippen LogP contribution < -0.4 is 0 Å². The van der Waals surface area contributed by atoms with Crippen molar-refractivity contribution in [2.45, 2.75) is 78.6 Å². The van der Waals surface area contributed by atoms with E-state index in [0.29, 0.717) is 24.2 Å². The van der Waals surface area contributed by atoms with Crippen LogP contribution in [0.25, 0.3) is 0 Å². The summed E-state index contributed by atoms with van der Waals surface area (Å²) in [7, 11) is 0. The lowest BCUT2D eigenvalue weighted by molar-refractivity contribution is -0.137. The Kier molecular flexibility index (Phi) is 4.87. The molecule has 3 nitrogen and oxygen atoms in total. The molecule has 3 heteroatoms. The standard InChI is InChI=1S/C25H36O3/c1-15(5-10-23(27)28)22-14-18(26)13-17-7-8-19-20-9-6-16(2)24(20,3)12-11-21(19)25(17,22)4/h13,16,19-22H,1,5-12,14H2,2-4H3,(H,27,28)/t16-,19?,20-,21-,22+,24+,25-/m0/s1. The molecule has 0 heterocycles. The third-order valence-corrected chi connectivity index (χ3v) is 9.74. The van der Waals surface area contributed by atoms with Crippen LogP contribution in [0.5, 0.6) is 0 Å². The van der Waals surface area contributed by atoms with Crippen molar-refractivity contribution in [1.82, 2.24) is 0 Å². The van der Waals surface area contributed by atoms with Gasteiger partial charge in [0.15, 0.2) is 5.78 Å². The van der Waals surface area contributed by atoms with Crippen LogP contribution in [0.1, 0.15) is 78.6 Å². The van der Waals surface area contributed by atoms with Crippen LogP contribution in [0.3, 0.4) is 0 Å². The third kappa shape index (κ3) is 2.83. The second-order valence-corrected chi connectivity index (χ2v) is 10.7. The second kappa shape index (κ2) is 6.85. The molecule has 1 N–H and O–H groups in total. The first-order valence-electron chi connectivity index (χ1n) is 11.3. The molecular formula is C25H36O3. The number of allylic oxidation sites excluding steroid dienone is 2. The van der Waals surface area contributed by atoms with Crippen molar-refractivity contribution >= 4 is 11.8 Å². The van der Waals surface area contributed by atoms with Gasteiger partial charge in [-0.05, 0) is 91.4 Å². The van der Waals surface area contributed by atoms with E-state index >= 15 is 0 Å². The Bertz CT molecular complexity index is 734. The summed E-state index contributed by atoms with van der Waals surface area (Å²) in [6.07, 6.45) is 10.6. The average Bonchev–Trinajstić information content (AvgIpc) is 2.95. The third-order valence-electron chi connectivity index (χ3n) is 9.74. The smallest absolute Gasteiger partial charge is 0.303 e. The van der Waals surface area contributed by atoms with Crippen LogP contribution in [0.2, 0.25) is 0 Å². The van der Waals surface area contributed by atoms with Gasteiger partial charge in [0.1, 0.15) is 0 Å². The number of aliphatic carboxylic acids is 1. The van der Waals surface area contributed by atoms with Gasteiger partial charge in [-0.1, -0.05) is 38.5 Å². The van der Waals surface area contributed by atoms with Crippen molar-refractivity contribution in [3.05, 3.63) is 23.8 Å². The average molecular weight is 385 g/mol. The molecule has 3 fully saturated rings. The number of hydrogen-bond acceptors (Lipinski definition) is 2. The molecule has 154 valence electrons.